The van der Waals surface area contributed by atoms with E-state index in [1.54, 1.807) is 6.07 Å². The number of halogens is 2. The molecule has 1 unspecified atom stereocenters. The Hall–Kier alpha value is -3.09. The van der Waals surface area contributed by atoms with Crippen LogP contribution in [0.15, 0.2) is 65.1 Å². The molecule has 32 heavy (non-hydrogen) atoms. The molecule has 0 saturated carbocycles. The first-order chi connectivity index (χ1) is 15.4. The first-order valence-electron chi connectivity index (χ1n) is 10.7. The maximum Gasteiger partial charge on any atom is 0.227 e. The fourth-order valence-corrected chi connectivity index (χ4v) is 4.50. The predicted octanol–water partition coefficient (Wildman–Crippen LogP) is 5.89. The minimum absolute atomic E-state index is 0.266. The summed E-state index contributed by atoms with van der Waals surface area (Å²) in [5, 5.41) is 0. The standard InChI is InChI=1S/C26H24F2N2O2/c1-30(2)13-3-12-26(19-5-7-20(27)8-6-19)22-10-4-17(14-18(22)16-31-26)25-29-23-15-21(28)9-11-24(23)32-25/h4-11,14-15H,3,12-13,16H2,1-2H3. The van der Waals surface area contributed by atoms with Gasteiger partial charge in [-0.15, -0.1) is 0 Å². The first kappa shape index (κ1) is 20.8. The van der Waals surface area contributed by atoms with Gasteiger partial charge in [0.15, 0.2) is 5.58 Å². The quantitative estimate of drug-likeness (QED) is 0.379. The van der Waals surface area contributed by atoms with Gasteiger partial charge < -0.3 is 14.1 Å². The SMILES string of the molecule is CN(C)CCCC1(c2ccc(F)cc2)OCc2cc(-c3nc4cc(F)ccc4o3)ccc21. The van der Waals surface area contributed by atoms with E-state index in [1.807, 2.05) is 44.4 Å². The van der Waals surface area contributed by atoms with Crippen LogP contribution in [0.5, 0.6) is 0 Å². The highest BCUT2D eigenvalue weighted by Crippen LogP contribution is 2.46. The van der Waals surface area contributed by atoms with Crippen molar-refractivity contribution in [2.45, 2.75) is 25.0 Å². The first-order valence-corrected chi connectivity index (χ1v) is 10.7. The molecule has 0 spiro atoms. The monoisotopic (exact) mass is 434 g/mol. The van der Waals surface area contributed by atoms with Crippen molar-refractivity contribution >= 4 is 11.1 Å². The van der Waals surface area contributed by atoms with Crippen LogP contribution < -0.4 is 0 Å². The molecule has 1 aromatic heterocycles. The topological polar surface area (TPSA) is 38.5 Å². The van der Waals surface area contributed by atoms with Crippen LogP contribution >= 0.6 is 0 Å². The number of oxazole rings is 1. The number of rotatable bonds is 6. The van der Waals surface area contributed by atoms with Crippen LogP contribution in [0.25, 0.3) is 22.6 Å². The molecule has 0 radical (unpaired) electrons. The summed E-state index contributed by atoms with van der Waals surface area (Å²) in [6.45, 7) is 1.37. The summed E-state index contributed by atoms with van der Waals surface area (Å²) in [7, 11) is 4.10. The van der Waals surface area contributed by atoms with Crippen molar-refractivity contribution in [2.24, 2.45) is 0 Å². The highest BCUT2D eigenvalue weighted by Gasteiger charge is 2.41. The lowest BCUT2D eigenvalue weighted by Gasteiger charge is -2.31. The van der Waals surface area contributed by atoms with E-state index >= 15 is 0 Å². The zero-order chi connectivity index (χ0) is 22.3. The minimum Gasteiger partial charge on any atom is -0.436 e. The molecule has 0 fully saturated rings. The summed E-state index contributed by atoms with van der Waals surface area (Å²) >= 11 is 0. The van der Waals surface area contributed by atoms with E-state index in [9.17, 15) is 8.78 Å². The minimum atomic E-state index is -0.623. The van der Waals surface area contributed by atoms with Crippen molar-refractivity contribution in [3.63, 3.8) is 0 Å². The van der Waals surface area contributed by atoms with Gasteiger partial charge >= 0.3 is 0 Å². The van der Waals surface area contributed by atoms with Crippen molar-refractivity contribution in [3.8, 4) is 11.5 Å². The van der Waals surface area contributed by atoms with Crippen LogP contribution in [0.2, 0.25) is 0 Å². The van der Waals surface area contributed by atoms with Crippen molar-refractivity contribution < 1.29 is 17.9 Å². The van der Waals surface area contributed by atoms with E-state index < -0.39 is 5.60 Å². The van der Waals surface area contributed by atoms with E-state index in [2.05, 4.69) is 9.88 Å². The molecule has 1 aliphatic heterocycles. The second-order valence-corrected chi connectivity index (χ2v) is 8.53. The van der Waals surface area contributed by atoms with Crippen LogP contribution in [0.4, 0.5) is 8.78 Å². The summed E-state index contributed by atoms with van der Waals surface area (Å²) < 4.78 is 39.4. The molecule has 4 nitrogen and oxygen atoms in total. The van der Waals surface area contributed by atoms with Crippen LogP contribution in [-0.4, -0.2) is 30.5 Å². The Morgan fingerprint density at radius 1 is 0.969 bits per heavy atom. The lowest BCUT2D eigenvalue weighted by Crippen LogP contribution is -2.28. The lowest BCUT2D eigenvalue weighted by atomic mass is 9.81. The van der Waals surface area contributed by atoms with E-state index in [4.69, 9.17) is 9.15 Å². The number of nitrogens with zero attached hydrogens (tertiary/aromatic N) is 2. The van der Waals surface area contributed by atoms with Gasteiger partial charge in [0, 0.05) is 11.6 Å². The zero-order valence-corrected chi connectivity index (χ0v) is 18.1. The molecular weight excluding hydrogens is 410 g/mol. The largest absolute Gasteiger partial charge is 0.436 e. The van der Waals surface area contributed by atoms with Crippen molar-refractivity contribution in [2.75, 3.05) is 20.6 Å². The van der Waals surface area contributed by atoms with Crippen molar-refractivity contribution in [1.29, 1.82) is 0 Å². The highest BCUT2D eigenvalue weighted by atomic mass is 19.1. The Morgan fingerprint density at radius 2 is 1.75 bits per heavy atom. The van der Waals surface area contributed by atoms with E-state index in [0.717, 1.165) is 41.6 Å². The van der Waals surface area contributed by atoms with Crippen molar-refractivity contribution in [1.82, 2.24) is 9.88 Å². The summed E-state index contributed by atoms with van der Waals surface area (Å²) in [6.07, 6.45) is 1.72. The third-order valence-electron chi connectivity index (χ3n) is 6.06. The zero-order valence-electron chi connectivity index (χ0n) is 18.1. The molecule has 3 aromatic carbocycles. The molecule has 0 aliphatic carbocycles. The Balaban J connectivity index is 1.54. The molecule has 6 heteroatoms. The van der Waals surface area contributed by atoms with Gasteiger partial charge in [-0.1, -0.05) is 18.2 Å². The van der Waals surface area contributed by atoms with Crippen LogP contribution in [0, 0.1) is 11.6 Å². The third-order valence-corrected chi connectivity index (χ3v) is 6.06. The maximum absolute atomic E-state index is 13.6. The maximum atomic E-state index is 13.6. The molecule has 4 aromatic rings. The highest BCUT2D eigenvalue weighted by molar-refractivity contribution is 5.76. The van der Waals surface area contributed by atoms with Gasteiger partial charge in [-0.2, -0.15) is 0 Å². The molecule has 1 aliphatic rings. The van der Waals surface area contributed by atoms with E-state index in [1.165, 1.54) is 24.3 Å². The van der Waals surface area contributed by atoms with Gasteiger partial charge in [0.05, 0.1) is 6.61 Å². The summed E-state index contributed by atoms with van der Waals surface area (Å²) in [5.41, 5.74) is 4.29. The average Bonchev–Trinajstić information content (AvgIpc) is 3.35. The molecule has 0 amide bonds. The Kier molecular flexibility index (Phi) is 5.27. The Morgan fingerprint density at radius 3 is 2.53 bits per heavy atom. The van der Waals surface area contributed by atoms with Crippen LogP contribution in [0.3, 0.4) is 0 Å². The summed E-state index contributed by atoms with van der Waals surface area (Å²) in [4.78, 5) is 6.59. The van der Waals surface area contributed by atoms with Gasteiger partial charge in [0.2, 0.25) is 5.89 Å². The molecule has 0 N–H and O–H groups in total. The normalized spacial score (nSPS) is 17.9. The van der Waals surface area contributed by atoms with Crippen LogP contribution in [-0.2, 0) is 16.9 Å². The Bertz CT molecular complexity index is 1270. The molecule has 164 valence electrons. The van der Waals surface area contributed by atoms with Gasteiger partial charge in [0.25, 0.3) is 0 Å². The van der Waals surface area contributed by atoms with Crippen molar-refractivity contribution in [3.05, 3.63) is 89.0 Å². The number of ether oxygens (including phenoxy) is 1. The van der Waals surface area contributed by atoms with Crippen LogP contribution in [0.1, 0.15) is 29.5 Å². The van der Waals surface area contributed by atoms with Gasteiger partial charge in [-0.25, -0.2) is 13.8 Å². The number of aromatic nitrogens is 1. The lowest BCUT2D eigenvalue weighted by molar-refractivity contribution is -0.0140. The number of benzene rings is 3. The molecule has 0 saturated heterocycles. The van der Waals surface area contributed by atoms with E-state index in [0.29, 0.717) is 23.6 Å². The number of fused-ring (bicyclic) bond motifs is 2. The second-order valence-electron chi connectivity index (χ2n) is 8.53. The third kappa shape index (κ3) is 3.70. The van der Waals surface area contributed by atoms with Gasteiger partial charge in [-0.3, -0.25) is 0 Å². The summed E-state index contributed by atoms with van der Waals surface area (Å²) in [6, 6.07) is 16.9. The summed E-state index contributed by atoms with van der Waals surface area (Å²) in [5.74, 6) is -0.167. The fourth-order valence-electron chi connectivity index (χ4n) is 4.50. The van der Waals surface area contributed by atoms with Gasteiger partial charge in [-0.05, 0) is 86.6 Å². The fraction of sp³-hybridized carbons (Fsp3) is 0.269. The van der Waals surface area contributed by atoms with E-state index in [-0.39, 0.29) is 11.6 Å². The Labute approximate surface area is 185 Å². The second kappa shape index (κ2) is 8.11. The smallest absolute Gasteiger partial charge is 0.227 e. The number of hydrogen-bond acceptors (Lipinski definition) is 4. The molecule has 5 rings (SSSR count). The predicted molar refractivity (Wildman–Crippen MR) is 119 cm³/mol. The average molecular weight is 434 g/mol. The molecule has 1 atom stereocenters. The number of hydrogen-bond donors (Lipinski definition) is 0. The van der Waals surface area contributed by atoms with Gasteiger partial charge in [0.1, 0.15) is 22.8 Å². The molecular formula is C26H24F2N2O2. The molecule has 0 bridgehead atoms. The molecule has 2 heterocycles.